The standard InChI is InChI=1S/C18H23F2N3O4S/c1-4-10(2)14(21)9-27-17-15(28(25)26)8-23(3)16(17)18(24)22-11-5-6-12(19)13(20)7-11/h5-8,10,14H,4,9,21H2,1-3H3,(H,22,24)(H,25,26)/t10-,14+/m0/s1. The summed E-state index contributed by atoms with van der Waals surface area (Å²) in [5.41, 5.74) is 6.03. The summed E-state index contributed by atoms with van der Waals surface area (Å²) in [5, 5.41) is 2.42. The van der Waals surface area contributed by atoms with Crippen molar-refractivity contribution in [1.82, 2.24) is 4.57 Å². The van der Waals surface area contributed by atoms with Gasteiger partial charge in [-0.1, -0.05) is 20.3 Å². The van der Waals surface area contributed by atoms with Crippen molar-refractivity contribution in [2.45, 2.75) is 31.2 Å². The summed E-state index contributed by atoms with van der Waals surface area (Å²) in [6, 6.07) is 2.57. The van der Waals surface area contributed by atoms with Gasteiger partial charge in [-0.3, -0.25) is 4.79 Å². The molecule has 0 spiro atoms. The molecule has 10 heteroatoms. The maximum atomic E-state index is 13.4. The zero-order chi connectivity index (χ0) is 21.0. The Bertz CT molecular complexity index is 888. The zero-order valence-corrected chi connectivity index (χ0v) is 16.6. The Morgan fingerprint density at radius 3 is 2.64 bits per heavy atom. The minimum absolute atomic E-state index is 0.0269. The molecule has 154 valence electrons. The van der Waals surface area contributed by atoms with Crippen LogP contribution in [0.4, 0.5) is 14.5 Å². The SMILES string of the molecule is CC[C@H](C)[C@H](N)COc1c(S(=O)O)cn(C)c1C(=O)Nc1ccc(F)c(F)c1. The van der Waals surface area contributed by atoms with Crippen LogP contribution in [-0.4, -0.2) is 31.9 Å². The molecule has 0 aliphatic rings. The first kappa shape index (κ1) is 22.0. The van der Waals surface area contributed by atoms with Crippen LogP contribution in [-0.2, 0) is 18.1 Å². The average molecular weight is 415 g/mol. The molecule has 1 amide bonds. The molecule has 1 aromatic heterocycles. The normalized spacial score (nSPS) is 14.4. The van der Waals surface area contributed by atoms with Gasteiger partial charge in [0.05, 0.1) is 0 Å². The molecule has 0 bridgehead atoms. The maximum Gasteiger partial charge on any atom is 0.276 e. The highest BCUT2D eigenvalue weighted by Crippen LogP contribution is 2.30. The second-order valence-electron chi connectivity index (χ2n) is 6.47. The molecule has 2 rings (SSSR count). The van der Waals surface area contributed by atoms with Crippen LogP contribution in [0.1, 0.15) is 30.8 Å². The molecule has 3 atom stereocenters. The molecular weight excluding hydrogens is 392 g/mol. The first-order valence-corrected chi connectivity index (χ1v) is 9.71. The van der Waals surface area contributed by atoms with Crippen LogP contribution in [0.3, 0.4) is 0 Å². The van der Waals surface area contributed by atoms with Gasteiger partial charge in [-0.25, -0.2) is 13.0 Å². The Hall–Kier alpha value is -2.30. The second kappa shape index (κ2) is 9.26. The van der Waals surface area contributed by atoms with Gasteiger partial charge in [-0.15, -0.1) is 0 Å². The highest BCUT2D eigenvalue weighted by atomic mass is 32.2. The van der Waals surface area contributed by atoms with Crippen LogP contribution in [0.5, 0.6) is 5.75 Å². The van der Waals surface area contributed by atoms with Gasteiger partial charge >= 0.3 is 0 Å². The van der Waals surface area contributed by atoms with Gasteiger partial charge in [-0.2, -0.15) is 0 Å². The average Bonchev–Trinajstić information content (AvgIpc) is 2.98. The summed E-state index contributed by atoms with van der Waals surface area (Å²) in [5.74, 6) is -2.80. The molecule has 0 saturated heterocycles. The highest BCUT2D eigenvalue weighted by Gasteiger charge is 2.26. The van der Waals surface area contributed by atoms with Crippen molar-refractivity contribution in [2.75, 3.05) is 11.9 Å². The van der Waals surface area contributed by atoms with Crippen molar-refractivity contribution in [3.63, 3.8) is 0 Å². The number of ether oxygens (including phenoxy) is 1. The van der Waals surface area contributed by atoms with Crippen LogP contribution in [0.2, 0.25) is 0 Å². The van der Waals surface area contributed by atoms with Crippen molar-refractivity contribution in [2.24, 2.45) is 18.7 Å². The number of halogens is 2. The van der Waals surface area contributed by atoms with E-state index < -0.39 is 28.6 Å². The molecule has 1 heterocycles. The van der Waals surface area contributed by atoms with E-state index in [2.05, 4.69) is 5.32 Å². The number of benzene rings is 1. The van der Waals surface area contributed by atoms with E-state index in [0.717, 1.165) is 18.6 Å². The predicted octanol–water partition coefficient (Wildman–Crippen LogP) is 2.89. The number of nitrogens with zero attached hydrogens (tertiary/aromatic N) is 1. The number of aryl methyl sites for hydroxylation is 1. The minimum Gasteiger partial charge on any atom is -0.488 e. The molecular formula is C18H23F2N3O4S. The lowest BCUT2D eigenvalue weighted by Gasteiger charge is -2.19. The minimum atomic E-state index is -2.40. The number of amides is 1. The molecule has 0 aliphatic heterocycles. The molecule has 0 saturated carbocycles. The zero-order valence-electron chi connectivity index (χ0n) is 15.7. The van der Waals surface area contributed by atoms with Gasteiger partial charge in [0.25, 0.3) is 5.91 Å². The van der Waals surface area contributed by atoms with Crippen LogP contribution < -0.4 is 15.8 Å². The summed E-state index contributed by atoms with van der Waals surface area (Å²) in [7, 11) is 1.50. The largest absolute Gasteiger partial charge is 0.488 e. The van der Waals surface area contributed by atoms with E-state index in [0.29, 0.717) is 0 Å². The number of hydrogen-bond donors (Lipinski definition) is 3. The lowest BCUT2D eigenvalue weighted by Crippen LogP contribution is -2.34. The van der Waals surface area contributed by atoms with Gasteiger partial charge in [0.1, 0.15) is 11.5 Å². The summed E-state index contributed by atoms with van der Waals surface area (Å²) >= 11 is -2.40. The molecule has 2 aromatic rings. The third-order valence-corrected chi connectivity index (χ3v) is 5.15. The fraction of sp³-hybridized carbons (Fsp3) is 0.389. The molecule has 1 aromatic carbocycles. The number of rotatable bonds is 8. The van der Waals surface area contributed by atoms with E-state index in [1.54, 1.807) is 0 Å². The smallest absolute Gasteiger partial charge is 0.276 e. The third-order valence-electron chi connectivity index (χ3n) is 4.48. The van der Waals surface area contributed by atoms with Gasteiger partial charge in [-0.05, 0) is 18.1 Å². The fourth-order valence-electron chi connectivity index (χ4n) is 2.51. The van der Waals surface area contributed by atoms with E-state index in [9.17, 15) is 22.3 Å². The Morgan fingerprint density at radius 2 is 2.07 bits per heavy atom. The van der Waals surface area contributed by atoms with Crippen molar-refractivity contribution in [3.05, 3.63) is 41.7 Å². The molecule has 0 fully saturated rings. The first-order chi connectivity index (χ1) is 13.1. The molecule has 7 nitrogen and oxygen atoms in total. The Morgan fingerprint density at radius 1 is 1.39 bits per heavy atom. The monoisotopic (exact) mass is 415 g/mol. The number of aromatic nitrogens is 1. The van der Waals surface area contributed by atoms with E-state index in [-0.39, 0.29) is 40.6 Å². The van der Waals surface area contributed by atoms with Gasteiger partial charge in [0.2, 0.25) is 0 Å². The summed E-state index contributed by atoms with van der Waals surface area (Å²) < 4.78 is 54.6. The third kappa shape index (κ3) is 4.94. The second-order valence-corrected chi connectivity index (χ2v) is 7.41. The van der Waals surface area contributed by atoms with Crippen molar-refractivity contribution in [1.29, 1.82) is 0 Å². The summed E-state index contributed by atoms with van der Waals surface area (Å²) in [6.45, 7) is 3.96. The molecule has 1 unspecified atom stereocenters. The van der Waals surface area contributed by atoms with E-state index in [1.807, 2.05) is 13.8 Å². The molecule has 0 radical (unpaired) electrons. The van der Waals surface area contributed by atoms with Gasteiger partial charge < -0.3 is 24.9 Å². The number of hydrogen-bond acceptors (Lipinski definition) is 4. The van der Waals surface area contributed by atoms with Crippen LogP contribution in [0, 0.1) is 17.6 Å². The Labute approximate surface area is 164 Å². The predicted molar refractivity (Wildman–Crippen MR) is 102 cm³/mol. The first-order valence-electron chi connectivity index (χ1n) is 8.60. The summed E-state index contributed by atoms with van der Waals surface area (Å²) in [4.78, 5) is 12.6. The van der Waals surface area contributed by atoms with E-state index >= 15 is 0 Å². The Kier molecular flexibility index (Phi) is 7.28. The number of carbonyl (C=O) groups is 1. The van der Waals surface area contributed by atoms with Gasteiger partial charge in [0, 0.05) is 31.0 Å². The Balaban J connectivity index is 2.32. The van der Waals surface area contributed by atoms with E-state index in [1.165, 1.54) is 23.9 Å². The van der Waals surface area contributed by atoms with Crippen molar-refractivity contribution < 1.29 is 27.1 Å². The fourth-order valence-corrected chi connectivity index (χ4v) is 3.08. The maximum absolute atomic E-state index is 13.4. The quantitative estimate of drug-likeness (QED) is 0.575. The summed E-state index contributed by atoms with van der Waals surface area (Å²) in [6.07, 6.45) is 2.11. The van der Waals surface area contributed by atoms with Gasteiger partial charge in [0.15, 0.2) is 34.2 Å². The van der Waals surface area contributed by atoms with Crippen molar-refractivity contribution >= 4 is 22.7 Å². The van der Waals surface area contributed by atoms with Crippen LogP contribution in [0.25, 0.3) is 0 Å². The number of nitrogens with one attached hydrogen (secondary N) is 1. The molecule has 28 heavy (non-hydrogen) atoms. The number of carbonyl (C=O) groups excluding carboxylic acids is 1. The van der Waals surface area contributed by atoms with Crippen LogP contribution in [0.15, 0.2) is 29.3 Å². The van der Waals surface area contributed by atoms with Crippen LogP contribution >= 0.6 is 0 Å². The van der Waals surface area contributed by atoms with Crippen molar-refractivity contribution in [3.8, 4) is 5.75 Å². The highest BCUT2D eigenvalue weighted by molar-refractivity contribution is 7.79. The lowest BCUT2D eigenvalue weighted by molar-refractivity contribution is 0.101. The number of anilines is 1. The molecule has 4 N–H and O–H groups in total. The number of nitrogens with two attached hydrogens (primary N) is 1. The lowest BCUT2D eigenvalue weighted by atomic mass is 10.0. The topological polar surface area (TPSA) is 107 Å². The molecule has 0 aliphatic carbocycles. The van der Waals surface area contributed by atoms with E-state index in [4.69, 9.17) is 10.5 Å².